The van der Waals surface area contributed by atoms with Crippen LogP contribution in [0.3, 0.4) is 0 Å². The quantitative estimate of drug-likeness (QED) is 0.845. The van der Waals surface area contributed by atoms with E-state index in [-0.39, 0.29) is 11.8 Å². The number of carbonyl (C=O) groups excluding carboxylic acids is 1. The van der Waals surface area contributed by atoms with Crippen LogP contribution in [0.15, 0.2) is 36.4 Å². The number of aliphatic carboxylic acids is 1. The second-order valence-electron chi connectivity index (χ2n) is 4.68. The lowest BCUT2D eigenvalue weighted by atomic mass is 9.97. The molecule has 1 amide bonds. The molecule has 1 aromatic carbocycles. The normalized spacial score (nSPS) is 16.7. The molecule has 2 rings (SSSR count). The van der Waals surface area contributed by atoms with Gasteiger partial charge in [0.05, 0.1) is 5.92 Å². The van der Waals surface area contributed by atoms with Gasteiger partial charge >= 0.3 is 5.97 Å². The highest BCUT2D eigenvalue weighted by Crippen LogP contribution is 2.17. The second kappa shape index (κ2) is 6.18. The van der Waals surface area contributed by atoms with Crippen molar-refractivity contribution in [2.24, 2.45) is 5.92 Å². The van der Waals surface area contributed by atoms with E-state index in [1.165, 1.54) is 0 Å². The molecule has 1 saturated heterocycles. The van der Waals surface area contributed by atoms with Crippen LogP contribution in [0.1, 0.15) is 18.4 Å². The SMILES string of the molecule is O=C(O)C1CCN(C(=O)C=Cc2ccccc2)CC1. The second-order valence-corrected chi connectivity index (χ2v) is 4.68. The maximum atomic E-state index is 11.9. The van der Waals surface area contributed by atoms with Crippen LogP contribution < -0.4 is 0 Å². The van der Waals surface area contributed by atoms with Gasteiger partial charge in [-0.3, -0.25) is 9.59 Å². The van der Waals surface area contributed by atoms with Gasteiger partial charge in [0.2, 0.25) is 5.91 Å². The van der Waals surface area contributed by atoms with Gasteiger partial charge in [0, 0.05) is 19.2 Å². The van der Waals surface area contributed by atoms with Gasteiger partial charge < -0.3 is 10.0 Å². The van der Waals surface area contributed by atoms with Gasteiger partial charge in [-0.15, -0.1) is 0 Å². The number of piperidine rings is 1. The Bertz CT molecular complexity index is 473. The Balaban J connectivity index is 1.88. The average Bonchev–Trinajstić information content (AvgIpc) is 2.46. The van der Waals surface area contributed by atoms with Crippen LogP contribution in [0, 0.1) is 5.92 Å². The third kappa shape index (κ3) is 3.68. The molecular weight excluding hydrogens is 242 g/mol. The lowest BCUT2D eigenvalue weighted by Crippen LogP contribution is -2.39. The molecule has 1 heterocycles. The van der Waals surface area contributed by atoms with Crippen molar-refractivity contribution < 1.29 is 14.7 Å². The van der Waals surface area contributed by atoms with E-state index in [9.17, 15) is 9.59 Å². The summed E-state index contributed by atoms with van der Waals surface area (Å²) in [6, 6.07) is 9.63. The molecule has 0 aromatic heterocycles. The van der Waals surface area contributed by atoms with E-state index in [1.54, 1.807) is 17.1 Å². The molecule has 1 aliphatic heterocycles. The first kappa shape index (κ1) is 13.3. The number of carbonyl (C=O) groups is 2. The fourth-order valence-corrected chi connectivity index (χ4v) is 2.18. The molecule has 4 nitrogen and oxygen atoms in total. The van der Waals surface area contributed by atoms with Crippen molar-refractivity contribution in [1.82, 2.24) is 4.90 Å². The largest absolute Gasteiger partial charge is 0.481 e. The lowest BCUT2D eigenvalue weighted by Gasteiger charge is -2.29. The monoisotopic (exact) mass is 259 g/mol. The average molecular weight is 259 g/mol. The van der Waals surface area contributed by atoms with Gasteiger partial charge in [0.15, 0.2) is 0 Å². The highest BCUT2D eigenvalue weighted by molar-refractivity contribution is 5.91. The summed E-state index contributed by atoms with van der Waals surface area (Å²) in [6.45, 7) is 1.05. The standard InChI is InChI=1S/C15H17NO3/c17-14(7-6-12-4-2-1-3-5-12)16-10-8-13(9-11-16)15(18)19/h1-7,13H,8-11H2,(H,18,19). The van der Waals surface area contributed by atoms with Crippen molar-refractivity contribution in [1.29, 1.82) is 0 Å². The minimum absolute atomic E-state index is 0.0484. The Morgan fingerprint density at radius 3 is 2.37 bits per heavy atom. The zero-order valence-electron chi connectivity index (χ0n) is 10.7. The van der Waals surface area contributed by atoms with Gasteiger partial charge in [-0.1, -0.05) is 30.3 Å². The summed E-state index contributed by atoms with van der Waals surface area (Å²) < 4.78 is 0. The number of rotatable bonds is 3. The molecule has 0 saturated carbocycles. The minimum Gasteiger partial charge on any atom is -0.481 e. The molecular formula is C15H17NO3. The van der Waals surface area contributed by atoms with Crippen molar-refractivity contribution in [3.8, 4) is 0 Å². The minimum atomic E-state index is -0.757. The summed E-state index contributed by atoms with van der Waals surface area (Å²) in [6.07, 6.45) is 4.42. The Labute approximate surface area is 112 Å². The number of hydrogen-bond acceptors (Lipinski definition) is 2. The van der Waals surface area contributed by atoms with E-state index in [4.69, 9.17) is 5.11 Å². The maximum absolute atomic E-state index is 11.9. The summed E-state index contributed by atoms with van der Waals surface area (Å²) in [5, 5.41) is 8.90. The van der Waals surface area contributed by atoms with E-state index in [0.717, 1.165) is 5.56 Å². The number of carboxylic acids is 1. The highest BCUT2D eigenvalue weighted by Gasteiger charge is 2.25. The molecule has 0 unspecified atom stereocenters. The van der Waals surface area contributed by atoms with Crippen LogP contribution >= 0.6 is 0 Å². The van der Waals surface area contributed by atoms with Crippen molar-refractivity contribution in [3.05, 3.63) is 42.0 Å². The van der Waals surface area contributed by atoms with E-state index in [1.807, 2.05) is 30.3 Å². The zero-order chi connectivity index (χ0) is 13.7. The van der Waals surface area contributed by atoms with Crippen molar-refractivity contribution in [2.75, 3.05) is 13.1 Å². The predicted molar refractivity (Wildman–Crippen MR) is 72.4 cm³/mol. The topological polar surface area (TPSA) is 57.6 Å². The van der Waals surface area contributed by atoms with Crippen molar-refractivity contribution >= 4 is 18.0 Å². The predicted octanol–water partition coefficient (Wildman–Crippen LogP) is 2.02. The molecule has 4 heteroatoms. The van der Waals surface area contributed by atoms with Crippen LogP contribution in [0.25, 0.3) is 6.08 Å². The third-order valence-corrected chi connectivity index (χ3v) is 3.37. The van der Waals surface area contributed by atoms with Crippen LogP contribution in [0.4, 0.5) is 0 Å². The molecule has 100 valence electrons. The van der Waals surface area contributed by atoms with Crippen LogP contribution in [0.5, 0.6) is 0 Å². The van der Waals surface area contributed by atoms with E-state index in [0.29, 0.717) is 25.9 Å². The van der Waals surface area contributed by atoms with Gasteiger partial charge in [0.25, 0.3) is 0 Å². The Hall–Kier alpha value is -2.10. The number of amides is 1. The van der Waals surface area contributed by atoms with Crippen LogP contribution in [-0.2, 0) is 9.59 Å². The molecule has 1 aromatic rings. The van der Waals surface area contributed by atoms with Gasteiger partial charge in [-0.25, -0.2) is 0 Å². The summed E-state index contributed by atoms with van der Waals surface area (Å²) in [5.74, 6) is -1.11. The Morgan fingerprint density at radius 2 is 1.79 bits per heavy atom. The number of carboxylic acid groups (broad SMARTS) is 1. The highest BCUT2D eigenvalue weighted by atomic mass is 16.4. The zero-order valence-corrected chi connectivity index (χ0v) is 10.7. The fraction of sp³-hybridized carbons (Fsp3) is 0.333. The first-order valence-electron chi connectivity index (χ1n) is 6.41. The summed E-state index contributed by atoms with van der Waals surface area (Å²) >= 11 is 0. The molecule has 0 bridgehead atoms. The molecule has 1 N–H and O–H groups in total. The fourth-order valence-electron chi connectivity index (χ4n) is 2.18. The van der Waals surface area contributed by atoms with Gasteiger partial charge in [-0.05, 0) is 24.5 Å². The Kier molecular flexibility index (Phi) is 4.34. The number of benzene rings is 1. The van der Waals surface area contributed by atoms with Gasteiger partial charge in [0.1, 0.15) is 0 Å². The molecule has 1 aliphatic rings. The summed E-state index contributed by atoms with van der Waals surface area (Å²) in [4.78, 5) is 24.5. The first-order valence-corrected chi connectivity index (χ1v) is 6.41. The van der Waals surface area contributed by atoms with E-state index in [2.05, 4.69) is 0 Å². The van der Waals surface area contributed by atoms with Gasteiger partial charge in [-0.2, -0.15) is 0 Å². The molecule has 0 spiro atoms. The smallest absolute Gasteiger partial charge is 0.306 e. The summed E-state index contributed by atoms with van der Waals surface area (Å²) in [5.41, 5.74) is 0.983. The molecule has 1 fully saturated rings. The first-order chi connectivity index (χ1) is 9.16. The molecule has 0 radical (unpaired) electrons. The lowest BCUT2D eigenvalue weighted by molar-refractivity contribution is -0.144. The molecule has 0 atom stereocenters. The van der Waals surface area contributed by atoms with E-state index < -0.39 is 5.97 Å². The Morgan fingerprint density at radius 1 is 1.16 bits per heavy atom. The van der Waals surface area contributed by atoms with Crippen molar-refractivity contribution in [3.63, 3.8) is 0 Å². The third-order valence-electron chi connectivity index (χ3n) is 3.37. The maximum Gasteiger partial charge on any atom is 0.306 e. The van der Waals surface area contributed by atoms with Crippen LogP contribution in [-0.4, -0.2) is 35.0 Å². The molecule has 0 aliphatic carbocycles. The number of hydrogen-bond donors (Lipinski definition) is 1. The van der Waals surface area contributed by atoms with Crippen molar-refractivity contribution in [2.45, 2.75) is 12.8 Å². The van der Waals surface area contributed by atoms with E-state index >= 15 is 0 Å². The molecule has 19 heavy (non-hydrogen) atoms. The number of likely N-dealkylation sites (tertiary alicyclic amines) is 1. The van der Waals surface area contributed by atoms with Crippen LogP contribution in [0.2, 0.25) is 0 Å². The number of nitrogens with zero attached hydrogens (tertiary/aromatic N) is 1. The summed E-state index contributed by atoms with van der Waals surface area (Å²) in [7, 11) is 0.